The van der Waals surface area contributed by atoms with Crippen molar-refractivity contribution < 1.29 is 0 Å². The van der Waals surface area contributed by atoms with Crippen LogP contribution in [0.2, 0.25) is 5.02 Å². The SMILES string of the molecule is N#Cc1nc2cc(NCc3cc4cc(Cl)ccc4[nH]c3=O)ccc2[nH]1. The number of nitrogens with one attached hydrogen (secondary N) is 3. The number of benzene rings is 2. The Balaban J connectivity index is 1.62. The van der Waals surface area contributed by atoms with Gasteiger partial charge in [0.15, 0.2) is 0 Å². The van der Waals surface area contributed by atoms with Gasteiger partial charge >= 0.3 is 0 Å². The molecule has 4 rings (SSSR count). The number of hydrogen-bond acceptors (Lipinski definition) is 4. The van der Waals surface area contributed by atoms with Gasteiger partial charge in [-0.1, -0.05) is 11.6 Å². The van der Waals surface area contributed by atoms with Crippen molar-refractivity contribution in [1.29, 1.82) is 5.26 Å². The van der Waals surface area contributed by atoms with E-state index >= 15 is 0 Å². The molecule has 7 heteroatoms. The Morgan fingerprint density at radius 3 is 2.80 bits per heavy atom. The van der Waals surface area contributed by atoms with Crippen LogP contribution in [0.4, 0.5) is 5.69 Å². The third kappa shape index (κ3) is 2.93. The molecule has 0 atom stereocenters. The Morgan fingerprint density at radius 2 is 1.96 bits per heavy atom. The molecule has 3 N–H and O–H groups in total. The van der Waals surface area contributed by atoms with E-state index in [1.54, 1.807) is 12.1 Å². The van der Waals surface area contributed by atoms with Crippen LogP contribution in [-0.2, 0) is 6.54 Å². The number of rotatable bonds is 3. The second-order valence-electron chi connectivity index (χ2n) is 5.64. The van der Waals surface area contributed by atoms with Gasteiger partial charge in [0, 0.05) is 33.7 Å². The summed E-state index contributed by atoms with van der Waals surface area (Å²) in [6, 6.07) is 14.7. The minimum atomic E-state index is -0.144. The first-order valence-electron chi connectivity index (χ1n) is 7.57. The zero-order valence-corrected chi connectivity index (χ0v) is 13.7. The second kappa shape index (κ2) is 5.96. The van der Waals surface area contributed by atoms with Crippen LogP contribution < -0.4 is 10.9 Å². The quantitative estimate of drug-likeness (QED) is 0.527. The molecule has 0 aliphatic rings. The zero-order chi connectivity index (χ0) is 17.4. The van der Waals surface area contributed by atoms with Crippen LogP contribution in [-0.4, -0.2) is 15.0 Å². The van der Waals surface area contributed by atoms with Crippen molar-refractivity contribution >= 4 is 39.2 Å². The molecule has 0 unspecified atom stereocenters. The minimum Gasteiger partial charge on any atom is -0.381 e. The Morgan fingerprint density at radius 1 is 1.12 bits per heavy atom. The summed E-state index contributed by atoms with van der Waals surface area (Å²) in [5.41, 5.74) is 3.51. The summed E-state index contributed by atoms with van der Waals surface area (Å²) in [4.78, 5) is 22.2. The van der Waals surface area contributed by atoms with Crippen molar-refractivity contribution in [2.24, 2.45) is 0 Å². The van der Waals surface area contributed by atoms with Crippen molar-refractivity contribution in [1.82, 2.24) is 15.0 Å². The summed E-state index contributed by atoms with van der Waals surface area (Å²) in [6.45, 7) is 0.360. The number of fused-ring (bicyclic) bond motifs is 2. The van der Waals surface area contributed by atoms with Gasteiger partial charge in [0.05, 0.1) is 11.0 Å². The fourth-order valence-corrected chi connectivity index (χ4v) is 2.90. The first-order valence-corrected chi connectivity index (χ1v) is 7.95. The normalized spacial score (nSPS) is 10.9. The topological polar surface area (TPSA) is 97.4 Å². The third-order valence-electron chi connectivity index (χ3n) is 3.96. The van der Waals surface area contributed by atoms with Crippen LogP contribution in [0.3, 0.4) is 0 Å². The number of aromatic nitrogens is 3. The number of imidazole rings is 1. The first-order chi connectivity index (χ1) is 12.1. The Labute approximate surface area is 147 Å². The summed E-state index contributed by atoms with van der Waals surface area (Å²) in [7, 11) is 0. The molecule has 0 radical (unpaired) electrons. The summed E-state index contributed by atoms with van der Waals surface area (Å²) in [5, 5.41) is 13.6. The van der Waals surface area contributed by atoms with E-state index in [-0.39, 0.29) is 11.4 Å². The Bertz CT molecular complexity index is 1200. The molecular formula is C18H12ClN5O. The Hall–Kier alpha value is -3.30. The van der Waals surface area contributed by atoms with E-state index in [4.69, 9.17) is 16.9 Å². The van der Waals surface area contributed by atoms with Crippen molar-refractivity contribution in [3.8, 4) is 6.07 Å². The lowest BCUT2D eigenvalue weighted by atomic mass is 10.1. The van der Waals surface area contributed by atoms with E-state index in [2.05, 4.69) is 20.3 Å². The average molecular weight is 350 g/mol. The number of nitriles is 1. The number of anilines is 1. The van der Waals surface area contributed by atoms with Crippen LogP contribution in [0.5, 0.6) is 0 Å². The number of pyridine rings is 1. The van der Waals surface area contributed by atoms with Crippen LogP contribution in [0.15, 0.2) is 47.3 Å². The summed E-state index contributed by atoms with van der Waals surface area (Å²) < 4.78 is 0. The van der Waals surface area contributed by atoms with E-state index in [0.717, 1.165) is 22.1 Å². The zero-order valence-electron chi connectivity index (χ0n) is 12.9. The van der Waals surface area contributed by atoms with Crippen molar-refractivity contribution in [2.45, 2.75) is 6.54 Å². The highest BCUT2D eigenvalue weighted by molar-refractivity contribution is 6.31. The van der Waals surface area contributed by atoms with E-state index in [0.29, 0.717) is 22.6 Å². The predicted molar refractivity (Wildman–Crippen MR) is 97.7 cm³/mol. The fourth-order valence-electron chi connectivity index (χ4n) is 2.72. The molecule has 6 nitrogen and oxygen atoms in total. The van der Waals surface area contributed by atoms with Gasteiger partial charge in [-0.25, -0.2) is 4.98 Å². The molecule has 0 saturated heterocycles. The maximum absolute atomic E-state index is 12.2. The van der Waals surface area contributed by atoms with Gasteiger partial charge in [-0.2, -0.15) is 5.26 Å². The molecule has 0 aliphatic carbocycles. The molecule has 25 heavy (non-hydrogen) atoms. The first kappa shape index (κ1) is 15.2. The smallest absolute Gasteiger partial charge is 0.253 e. The van der Waals surface area contributed by atoms with Crippen molar-refractivity contribution in [3.05, 3.63) is 69.2 Å². The van der Waals surface area contributed by atoms with Crippen molar-refractivity contribution in [3.63, 3.8) is 0 Å². The summed E-state index contributed by atoms with van der Waals surface area (Å²) in [5.74, 6) is 0.273. The van der Waals surface area contributed by atoms with Gasteiger partial charge < -0.3 is 15.3 Å². The van der Waals surface area contributed by atoms with Gasteiger partial charge in [0.1, 0.15) is 6.07 Å². The predicted octanol–water partition coefficient (Wildman–Crippen LogP) is 3.54. The molecule has 4 aromatic rings. The van der Waals surface area contributed by atoms with E-state index in [9.17, 15) is 4.79 Å². The molecule has 0 fully saturated rings. The molecule has 122 valence electrons. The van der Waals surface area contributed by atoms with E-state index < -0.39 is 0 Å². The van der Waals surface area contributed by atoms with Gasteiger partial charge in [-0.05, 0) is 42.5 Å². The number of H-pyrrole nitrogens is 2. The highest BCUT2D eigenvalue weighted by Gasteiger charge is 2.06. The maximum Gasteiger partial charge on any atom is 0.253 e. The lowest BCUT2D eigenvalue weighted by molar-refractivity contribution is 1.09. The summed E-state index contributed by atoms with van der Waals surface area (Å²) >= 11 is 6.01. The molecular weight excluding hydrogens is 338 g/mol. The monoisotopic (exact) mass is 349 g/mol. The number of nitrogens with zero attached hydrogens (tertiary/aromatic N) is 2. The fraction of sp³-hybridized carbons (Fsp3) is 0.0556. The van der Waals surface area contributed by atoms with Crippen LogP contribution in [0.25, 0.3) is 21.9 Å². The summed E-state index contributed by atoms with van der Waals surface area (Å²) in [6.07, 6.45) is 0. The van der Waals surface area contributed by atoms with Crippen molar-refractivity contribution in [2.75, 3.05) is 5.32 Å². The van der Waals surface area contributed by atoms with Gasteiger partial charge in [0.2, 0.25) is 5.82 Å². The molecule has 0 spiro atoms. The van der Waals surface area contributed by atoms with E-state index in [1.165, 1.54) is 0 Å². The van der Waals surface area contributed by atoms with Gasteiger partial charge in [0.25, 0.3) is 5.56 Å². The molecule has 2 heterocycles. The standard InChI is InChI=1S/C18H12ClN5O/c19-12-1-3-14-10(6-12)5-11(18(25)24-14)9-21-13-2-4-15-16(7-13)23-17(8-20)22-15/h1-7,21H,9H2,(H,22,23)(H,24,25). The highest BCUT2D eigenvalue weighted by Crippen LogP contribution is 2.19. The maximum atomic E-state index is 12.2. The highest BCUT2D eigenvalue weighted by atomic mass is 35.5. The number of hydrogen-bond donors (Lipinski definition) is 3. The molecule has 0 aliphatic heterocycles. The molecule has 0 amide bonds. The molecule has 2 aromatic heterocycles. The van der Waals surface area contributed by atoms with Gasteiger partial charge in [-0.3, -0.25) is 4.79 Å². The lowest BCUT2D eigenvalue weighted by Crippen LogP contribution is -2.15. The largest absolute Gasteiger partial charge is 0.381 e. The van der Waals surface area contributed by atoms with Gasteiger partial charge in [-0.15, -0.1) is 0 Å². The molecule has 2 aromatic carbocycles. The van der Waals surface area contributed by atoms with E-state index in [1.807, 2.05) is 36.4 Å². The minimum absolute atomic E-state index is 0.144. The molecule has 0 bridgehead atoms. The second-order valence-corrected chi connectivity index (χ2v) is 6.07. The lowest BCUT2D eigenvalue weighted by Gasteiger charge is -2.07. The van der Waals surface area contributed by atoms with Crippen LogP contribution in [0, 0.1) is 11.3 Å². The third-order valence-corrected chi connectivity index (χ3v) is 4.19. The number of aromatic amines is 2. The average Bonchev–Trinajstić information content (AvgIpc) is 3.02. The molecule has 0 saturated carbocycles. The van der Waals surface area contributed by atoms with Crippen LogP contribution >= 0.6 is 11.6 Å². The Kier molecular flexibility index (Phi) is 3.64. The van der Waals surface area contributed by atoms with Crippen LogP contribution in [0.1, 0.15) is 11.4 Å². The number of halogens is 1.